The molecule has 1 nitrogen and oxygen atoms in total. The fraction of sp³-hybridized carbons (Fsp3) is 0.429. The zero-order chi connectivity index (χ0) is 12.4. The Bertz CT molecular complexity index is 145. The molecule has 0 aliphatic rings. The number of allylic oxidation sites excluding steroid dienone is 8. The Balaban J connectivity index is -0.0000000421. The van der Waals surface area contributed by atoms with Crippen molar-refractivity contribution in [3.8, 4) is 0 Å². The molecule has 0 fully saturated rings. The summed E-state index contributed by atoms with van der Waals surface area (Å²) in [6.45, 7) is 9.64. The van der Waals surface area contributed by atoms with Crippen molar-refractivity contribution in [3.05, 3.63) is 48.6 Å². The quantitative estimate of drug-likeness (QED) is 0.457. The van der Waals surface area contributed by atoms with Gasteiger partial charge in [0.25, 0.3) is 0 Å². The molecule has 98 valence electrons. The molecule has 0 radical (unpaired) electrons. The number of aliphatic hydroxyl groups is 1. The molecule has 0 aromatic heterocycles. The van der Waals surface area contributed by atoms with Gasteiger partial charge in [0.05, 0.1) is 0 Å². The van der Waals surface area contributed by atoms with Crippen LogP contribution in [0.4, 0.5) is 0 Å². The normalized spacial score (nSPS) is 9.29. The van der Waals surface area contributed by atoms with Crippen LogP contribution in [0.3, 0.4) is 0 Å². The third-order valence-electron chi connectivity index (χ3n) is 0.911. The van der Waals surface area contributed by atoms with Crippen LogP contribution in [0.15, 0.2) is 36.5 Å². The van der Waals surface area contributed by atoms with E-state index in [9.17, 15) is 0 Å². The Morgan fingerprint density at radius 3 is 1.24 bits per heavy atom. The predicted octanol–water partition coefficient (Wildman–Crippen LogP) is 4.30. The van der Waals surface area contributed by atoms with Gasteiger partial charge in [-0.15, -0.1) is 26.3 Å². The summed E-state index contributed by atoms with van der Waals surface area (Å²) in [6.07, 6.45) is 17.3. The standard InChI is InChI=1S/2C6H9.C2H6O.ClH.Ti/c2*1-3-5-6-4-2;1-2-3;;/h2*3,5-6H,1-2H3;3H,2H2,1H3;1H;/q2*-1;;;+2. The molecule has 0 bridgehead atoms. The van der Waals surface area contributed by atoms with Crippen molar-refractivity contribution in [1.82, 2.24) is 0 Å². The van der Waals surface area contributed by atoms with Crippen molar-refractivity contribution >= 4 is 12.4 Å². The van der Waals surface area contributed by atoms with Crippen molar-refractivity contribution in [2.45, 2.75) is 34.6 Å². The minimum absolute atomic E-state index is 0. The average molecular weight is 293 g/mol. The summed E-state index contributed by atoms with van der Waals surface area (Å²) in [7, 11) is 0. The van der Waals surface area contributed by atoms with Gasteiger partial charge in [-0.3, -0.25) is 12.2 Å². The van der Waals surface area contributed by atoms with Crippen LogP contribution in [0, 0.1) is 12.2 Å². The van der Waals surface area contributed by atoms with E-state index in [0.717, 1.165) is 0 Å². The second-order valence-electron chi connectivity index (χ2n) is 2.28. The van der Waals surface area contributed by atoms with Crippen molar-refractivity contribution in [2.24, 2.45) is 0 Å². The summed E-state index contributed by atoms with van der Waals surface area (Å²) in [5.74, 6) is 0. The van der Waals surface area contributed by atoms with Crippen LogP contribution in [-0.2, 0) is 21.7 Å². The van der Waals surface area contributed by atoms with Crippen molar-refractivity contribution in [2.75, 3.05) is 6.61 Å². The second kappa shape index (κ2) is 44.5. The number of halogens is 1. The van der Waals surface area contributed by atoms with Crippen molar-refractivity contribution < 1.29 is 26.8 Å². The van der Waals surface area contributed by atoms with Crippen LogP contribution in [-0.4, -0.2) is 11.7 Å². The molecule has 0 heterocycles. The SMILES string of the molecule is CCO.C[C-]=CC=CC.C[C-]=CC=CC.Cl.[Ti+2]. The van der Waals surface area contributed by atoms with E-state index in [1.54, 1.807) is 6.92 Å². The molecule has 0 saturated heterocycles. The fourth-order valence-corrected chi connectivity index (χ4v) is 0.385. The summed E-state index contributed by atoms with van der Waals surface area (Å²) in [5.41, 5.74) is 0. The number of aliphatic hydroxyl groups excluding tert-OH is 1. The van der Waals surface area contributed by atoms with E-state index in [-0.39, 0.29) is 40.7 Å². The Kier molecular flexibility index (Phi) is 79.1. The first-order chi connectivity index (χ1) is 7.24. The summed E-state index contributed by atoms with van der Waals surface area (Å²) in [5, 5.41) is 7.57. The first kappa shape index (κ1) is 30.2. The molecule has 1 N–H and O–H groups in total. The molecule has 0 saturated carbocycles. The summed E-state index contributed by atoms with van der Waals surface area (Å²) >= 11 is 0. The van der Waals surface area contributed by atoms with Gasteiger partial charge in [0.15, 0.2) is 0 Å². The Labute approximate surface area is 129 Å². The van der Waals surface area contributed by atoms with Crippen LogP contribution in [0.2, 0.25) is 0 Å². The Morgan fingerprint density at radius 2 is 1.18 bits per heavy atom. The summed E-state index contributed by atoms with van der Waals surface area (Å²) < 4.78 is 0. The van der Waals surface area contributed by atoms with E-state index in [4.69, 9.17) is 5.11 Å². The fourth-order valence-electron chi connectivity index (χ4n) is 0.385. The molecule has 0 aromatic rings. The molecule has 0 amide bonds. The van der Waals surface area contributed by atoms with Crippen LogP contribution in [0.1, 0.15) is 34.6 Å². The first-order valence-corrected chi connectivity index (χ1v) is 5.09. The first-order valence-electron chi connectivity index (χ1n) is 5.09. The molecule has 0 rings (SSSR count). The number of rotatable bonds is 2. The topological polar surface area (TPSA) is 20.2 Å². The van der Waals surface area contributed by atoms with Gasteiger partial charge in [0.2, 0.25) is 0 Å². The van der Waals surface area contributed by atoms with Gasteiger partial charge in [-0.2, -0.15) is 12.2 Å². The molecule has 0 aromatic carbocycles. The molecular weight excluding hydrogens is 267 g/mol. The maximum atomic E-state index is 7.57. The molecule has 0 spiro atoms. The van der Waals surface area contributed by atoms with Gasteiger partial charge in [0.1, 0.15) is 0 Å². The molecular formula is C14H25ClOTi. The Morgan fingerprint density at radius 1 is 0.941 bits per heavy atom. The average Bonchev–Trinajstić information content (AvgIpc) is 2.25. The van der Waals surface area contributed by atoms with Gasteiger partial charge in [-0.1, -0.05) is 13.8 Å². The van der Waals surface area contributed by atoms with Gasteiger partial charge in [-0.25, -0.2) is 24.3 Å². The molecule has 17 heavy (non-hydrogen) atoms. The zero-order valence-electron chi connectivity index (χ0n) is 11.5. The predicted molar refractivity (Wildman–Crippen MR) is 76.6 cm³/mol. The van der Waals surface area contributed by atoms with Crippen LogP contribution >= 0.6 is 12.4 Å². The van der Waals surface area contributed by atoms with Gasteiger partial charge in [-0.05, 0) is 6.92 Å². The minimum atomic E-state index is 0. The number of hydrogen-bond acceptors (Lipinski definition) is 1. The Hall–Kier alpha value is -0.0757. The van der Waals surface area contributed by atoms with Crippen LogP contribution in [0.5, 0.6) is 0 Å². The van der Waals surface area contributed by atoms with Gasteiger partial charge < -0.3 is 5.11 Å². The molecule has 3 heteroatoms. The molecule has 0 aliphatic heterocycles. The molecule has 0 atom stereocenters. The van der Waals surface area contributed by atoms with Gasteiger partial charge in [0, 0.05) is 6.61 Å². The van der Waals surface area contributed by atoms with Crippen molar-refractivity contribution in [3.63, 3.8) is 0 Å². The monoisotopic (exact) mass is 292 g/mol. The van der Waals surface area contributed by atoms with Crippen LogP contribution < -0.4 is 0 Å². The summed E-state index contributed by atoms with van der Waals surface area (Å²) in [4.78, 5) is 0. The van der Waals surface area contributed by atoms with E-state index in [1.807, 2.05) is 64.2 Å². The zero-order valence-corrected chi connectivity index (χ0v) is 13.9. The maximum absolute atomic E-state index is 7.57. The van der Waals surface area contributed by atoms with Crippen molar-refractivity contribution in [1.29, 1.82) is 0 Å². The van der Waals surface area contributed by atoms with E-state index in [1.165, 1.54) is 0 Å². The third kappa shape index (κ3) is 88.0. The largest absolute Gasteiger partial charge is 2.00 e. The van der Waals surface area contributed by atoms with E-state index >= 15 is 0 Å². The van der Waals surface area contributed by atoms with E-state index in [2.05, 4.69) is 12.2 Å². The molecule has 0 unspecified atom stereocenters. The smallest absolute Gasteiger partial charge is 0.397 e. The third-order valence-corrected chi connectivity index (χ3v) is 0.911. The van der Waals surface area contributed by atoms with Gasteiger partial charge >= 0.3 is 21.7 Å². The molecule has 0 aliphatic carbocycles. The van der Waals surface area contributed by atoms with E-state index in [0.29, 0.717) is 0 Å². The minimum Gasteiger partial charge on any atom is -0.397 e. The van der Waals surface area contributed by atoms with E-state index < -0.39 is 0 Å². The maximum Gasteiger partial charge on any atom is 2.00 e. The van der Waals surface area contributed by atoms with Crippen LogP contribution in [0.25, 0.3) is 0 Å². The summed E-state index contributed by atoms with van der Waals surface area (Å²) in [6, 6.07) is 0. The number of hydrogen-bond donors (Lipinski definition) is 1. The second-order valence-corrected chi connectivity index (χ2v) is 2.28.